The summed E-state index contributed by atoms with van der Waals surface area (Å²) < 4.78 is 38.0. The first kappa shape index (κ1) is 18.9. The smallest absolute Gasteiger partial charge is 0.392 e. The van der Waals surface area contributed by atoms with Gasteiger partial charge in [-0.2, -0.15) is 13.2 Å². The van der Waals surface area contributed by atoms with Crippen LogP contribution in [0.3, 0.4) is 0 Å². The van der Waals surface area contributed by atoms with Crippen molar-refractivity contribution in [2.45, 2.75) is 31.3 Å². The number of nitrogens with zero attached hydrogens (tertiary/aromatic N) is 1. The highest BCUT2D eigenvalue weighted by Gasteiger charge is 2.43. The monoisotopic (exact) mass is 408 g/mol. The van der Waals surface area contributed by atoms with Crippen molar-refractivity contribution in [3.05, 3.63) is 34.3 Å². The highest BCUT2D eigenvalue weighted by atomic mass is 79.9. The van der Waals surface area contributed by atoms with Crippen molar-refractivity contribution >= 4 is 27.6 Å². The van der Waals surface area contributed by atoms with Gasteiger partial charge in [0.2, 0.25) is 11.7 Å². The number of β-amino-alcohol motifs (C(OH)–C–C–N with tert-alkyl or cyclic N) is 1. The van der Waals surface area contributed by atoms with Crippen molar-refractivity contribution in [3.8, 4) is 0 Å². The number of aliphatic hydroxyl groups excluding tert-OH is 1. The maximum Gasteiger partial charge on any atom is 0.451 e. The van der Waals surface area contributed by atoms with Crippen LogP contribution >= 0.6 is 15.9 Å². The van der Waals surface area contributed by atoms with E-state index in [9.17, 15) is 27.9 Å². The van der Waals surface area contributed by atoms with E-state index < -0.39 is 36.6 Å². The molecular weight excluding hydrogens is 393 g/mol. The van der Waals surface area contributed by atoms with Gasteiger partial charge in [0.25, 0.3) is 0 Å². The van der Waals surface area contributed by atoms with Gasteiger partial charge in [-0.1, -0.05) is 28.1 Å². The molecule has 0 aromatic heterocycles. The van der Waals surface area contributed by atoms with Crippen molar-refractivity contribution in [2.75, 3.05) is 13.1 Å². The van der Waals surface area contributed by atoms with Crippen LogP contribution in [0.2, 0.25) is 0 Å². The second kappa shape index (κ2) is 7.62. The number of Topliss-reactive ketones (excluding diaryl/α,β-unsaturated/α-hetero) is 1. The summed E-state index contributed by atoms with van der Waals surface area (Å²) in [5.74, 6) is -2.44. The molecule has 132 valence electrons. The Bertz CT molecular complexity index is 607. The normalized spacial score (nSPS) is 21.7. The first-order valence-corrected chi connectivity index (χ1v) is 8.00. The molecule has 2 rings (SSSR count). The van der Waals surface area contributed by atoms with Crippen molar-refractivity contribution in [1.82, 2.24) is 10.2 Å². The summed E-state index contributed by atoms with van der Waals surface area (Å²) in [5, 5.41) is 12.3. The van der Waals surface area contributed by atoms with Gasteiger partial charge in [0, 0.05) is 17.6 Å². The zero-order chi connectivity index (χ0) is 17.9. The third-order valence-electron chi connectivity index (χ3n) is 3.73. The number of rotatable bonds is 5. The average Bonchev–Trinajstić information content (AvgIpc) is 2.86. The maximum atomic E-state index is 12.4. The van der Waals surface area contributed by atoms with Crippen LogP contribution in [0, 0.1) is 0 Å². The summed E-state index contributed by atoms with van der Waals surface area (Å²) in [7, 11) is 0. The van der Waals surface area contributed by atoms with Crippen LogP contribution in [0.1, 0.15) is 12.0 Å². The lowest BCUT2D eigenvalue weighted by atomic mass is 10.1. The fourth-order valence-corrected chi connectivity index (χ4v) is 2.77. The molecule has 0 saturated carbocycles. The molecule has 1 aromatic rings. The van der Waals surface area contributed by atoms with Gasteiger partial charge in [0.05, 0.1) is 18.7 Å². The van der Waals surface area contributed by atoms with E-state index in [4.69, 9.17) is 0 Å². The van der Waals surface area contributed by atoms with Crippen LogP contribution in [0.25, 0.3) is 0 Å². The molecule has 0 spiro atoms. The molecule has 1 fully saturated rings. The molecule has 0 unspecified atom stereocenters. The summed E-state index contributed by atoms with van der Waals surface area (Å²) in [6.45, 7) is -0.866. The third-order valence-corrected chi connectivity index (χ3v) is 4.26. The number of benzene rings is 1. The summed E-state index contributed by atoms with van der Waals surface area (Å²) in [5.41, 5.74) is 0.822. The number of amides is 1. The number of hydrogen-bond acceptors (Lipinski definition) is 4. The number of alkyl halides is 3. The second-order valence-electron chi connectivity index (χ2n) is 5.60. The fourth-order valence-electron chi connectivity index (χ4n) is 2.51. The number of carbonyl (C=O) groups excluding carboxylic acids is 2. The van der Waals surface area contributed by atoms with Gasteiger partial charge in [-0.05, 0) is 24.1 Å². The van der Waals surface area contributed by atoms with E-state index in [1.165, 1.54) is 0 Å². The van der Waals surface area contributed by atoms with Crippen molar-refractivity contribution in [3.63, 3.8) is 0 Å². The summed E-state index contributed by atoms with van der Waals surface area (Å²) in [6, 6.07) is 6.23. The van der Waals surface area contributed by atoms with E-state index in [-0.39, 0.29) is 19.5 Å². The molecule has 1 heterocycles. The number of ketones is 1. The number of nitrogens with one attached hydrogen (secondary N) is 1. The Morgan fingerprint density at radius 1 is 1.29 bits per heavy atom. The Kier molecular flexibility index (Phi) is 6.00. The topological polar surface area (TPSA) is 69.6 Å². The van der Waals surface area contributed by atoms with Gasteiger partial charge >= 0.3 is 6.18 Å². The van der Waals surface area contributed by atoms with Crippen molar-refractivity contribution in [2.24, 2.45) is 0 Å². The minimum Gasteiger partial charge on any atom is -0.392 e. The minimum atomic E-state index is -4.95. The molecule has 9 heteroatoms. The predicted molar refractivity (Wildman–Crippen MR) is 83.0 cm³/mol. The zero-order valence-corrected chi connectivity index (χ0v) is 14.1. The molecular formula is C15H16BrF3N2O3. The maximum absolute atomic E-state index is 12.4. The first-order chi connectivity index (χ1) is 11.2. The largest absolute Gasteiger partial charge is 0.451 e. The number of halogens is 4. The van der Waals surface area contributed by atoms with Gasteiger partial charge in [0.1, 0.15) is 0 Å². The van der Waals surface area contributed by atoms with Crippen LogP contribution in [0.5, 0.6) is 0 Å². The molecule has 2 atom stereocenters. The molecule has 0 aliphatic carbocycles. The Morgan fingerprint density at radius 3 is 2.50 bits per heavy atom. The Labute approximate surface area is 145 Å². The van der Waals surface area contributed by atoms with E-state index in [0.717, 1.165) is 14.9 Å². The molecule has 1 aliphatic rings. The Balaban J connectivity index is 1.95. The Morgan fingerprint density at radius 2 is 1.92 bits per heavy atom. The molecule has 1 aliphatic heterocycles. The predicted octanol–water partition coefficient (Wildman–Crippen LogP) is 1.63. The average molecular weight is 409 g/mol. The van der Waals surface area contributed by atoms with Crippen LogP contribution < -0.4 is 5.32 Å². The highest BCUT2D eigenvalue weighted by molar-refractivity contribution is 9.10. The van der Waals surface area contributed by atoms with Crippen LogP contribution in [0.15, 0.2) is 28.7 Å². The van der Waals surface area contributed by atoms with E-state index in [1.54, 1.807) is 24.3 Å². The number of aliphatic hydroxyl groups is 1. The van der Waals surface area contributed by atoms with Crippen LogP contribution in [-0.2, 0) is 16.1 Å². The van der Waals surface area contributed by atoms with Crippen LogP contribution in [0.4, 0.5) is 13.2 Å². The fraction of sp³-hybridized carbons (Fsp3) is 0.467. The quantitative estimate of drug-likeness (QED) is 0.776. The van der Waals surface area contributed by atoms with Crippen molar-refractivity contribution in [1.29, 1.82) is 0 Å². The minimum absolute atomic E-state index is 0.00267. The molecule has 1 amide bonds. The lowest BCUT2D eigenvalue weighted by Gasteiger charge is -2.23. The Hall–Kier alpha value is -1.45. The van der Waals surface area contributed by atoms with Gasteiger partial charge in [-0.3, -0.25) is 14.5 Å². The lowest BCUT2D eigenvalue weighted by Crippen LogP contribution is -2.46. The van der Waals surface area contributed by atoms with E-state index >= 15 is 0 Å². The van der Waals surface area contributed by atoms with Crippen molar-refractivity contribution < 1.29 is 27.9 Å². The third kappa shape index (κ3) is 5.02. The second-order valence-corrected chi connectivity index (χ2v) is 6.52. The van der Waals surface area contributed by atoms with Gasteiger partial charge in [-0.25, -0.2) is 0 Å². The summed E-state index contributed by atoms with van der Waals surface area (Å²) >= 11 is 3.29. The number of carbonyl (C=O) groups is 2. The molecule has 5 nitrogen and oxygen atoms in total. The number of likely N-dealkylation sites (tertiary alicyclic amines) is 1. The van der Waals surface area contributed by atoms with Crippen LogP contribution in [-0.4, -0.2) is 53.1 Å². The zero-order valence-electron chi connectivity index (χ0n) is 12.5. The molecule has 24 heavy (non-hydrogen) atoms. The van der Waals surface area contributed by atoms with E-state index in [2.05, 4.69) is 21.2 Å². The van der Waals surface area contributed by atoms with E-state index in [1.807, 2.05) is 0 Å². The lowest BCUT2D eigenvalue weighted by molar-refractivity contribution is -0.172. The molecule has 2 N–H and O–H groups in total. The molecule has 1 aromatic carbocycles. The molecule has 0 radical (unpaired) electrons. The SMILES string of the molecule is O=C(NCc1ccc(Br)cc1)[C@@H]1C[C@@H](O)CN1CC(=O)C(F)(F)F. The molecule has 1 saturated heterocycles. The van der Waals surface area contributed by atoms with E-state index in [0.29, 0.717) is 0 Å². The highest BCUT2D eigenvalue weighted by Crippen LogP contribution is 2.22. The number of hydrogen-bond donors (Lipinski definition) is 2. The van der Waals surface area contributed by atoms with Gasteiger partial charge < -0.3 is 10.4 Å². The van der Waals surface area contributed by atoms with Gasteiger partial charge in [-0.15, -0.1) is 0 Å². The first-order valence-electron chi connectivity index (χ1n) is 7.21. The summed E-state index contributed by atoms with van der Waals surface area (Å²) in [4.78, 5) is 24.4. The summed E-state index contributed by atoms with van der Waals surface area (Å²) in [6.07, 6.45) is -5.89. The standard InChI is InChI=1S/C15H16BrF3N2O3/c16-10-3-1-9(2-4-10)6-20-14(24)12-5-11(22)7-21(12)8-13(23)15(17,18)19/h1-4,11-12,22H,5-8H2,(H,20,24)/t11-,12+/m1/s1. The van der Waals surface area contributed by atoms with Gasteiger partial charge in [0.15, 0.2) is 0 Å². The molecule has 0 bridgehead atoms.